The molecule has 0 saturated heterocycles. The Kier molecular flexibility index (Phi) is 6.44. The van der Waals surface area contributed by atoms with E-state index in [9.17, 15) is 9.59 Å². The summed E-state index contributed by atoms with van der Waals surface area (Å²) in [6, 6.07) is 16.6. The van der Waals surface area contributed by atoms with Crippen molar-refractivity contribution in [1.29, 1.82) is 0 Å². The van der Waals surface area contributed by atoms with E-state index in [2.05, 4.69) is 15.8 Å². The van der Waals surface area contributed by atoms with Gasteiger partial charge in [0.25, 0.3) is 5.91 Å². The minimum Gasteiger partial charge on any atom is -0.361 e. The molecule has 0 radical (unpaired) electrons. The molecule has 3 rings (SSSR count). The number of hydrogen-bond donors (Lipinski definition) is 2. The summed E-state index contributed by atoms with van der Waals surface area (Å²) in [4.78, 5) is 25.2. The molecule has 29 heavy (non-hydrogen) atoms. The molecule has 0 aliphatic rings. The van der Waals surface area contributed by atoms with Crippen molar-refractivity contribution >= 4 is 17.5 Å². The molecule has 0 saturated carbocycles. The molecule has 150 valence electrons. The first-order valence-electron chi connectivity index (χ1n) is 9.62. The maximum Gasteiger partial charge on any atom is 0.253 e. The number of amides is 2. The molecule has 1 atom stereocenters. The Bertz CT molecular complexity index is 976. The van der Waals surface area contributed by atoms with Crippen molar-refractivity contribution in [3.63, 3.8) is 0 Å². The quantitative estimate of drug-likeness (QED) is 0.627. The summed E-state index contributed by atoms with van der Waals surface area (Å²) in [5.74, 6) is 0.328. The molecule has 0 bridgehead atoms. The van der Waals surface area contributed by atoms with Crippen molar-refractivity contribution in [3.8, 4) is 0 Å². The number of nitrogens with zero attached hydrogens (tertiary/aromatic N) is 1. The zero-order valence-electron chi connectivity index (χ0n) is 16.9. The molecule has 0 aliphatic heterocycles. The van der Waals surface area contributed by atoms with Crippen LogP contribution in [-0.4, -0.2) is 17.0 Å². The van der Waals surface area contributed by atoms with Gasteiger partial charge in [-0.1, -0.05) is 47.6 Å². The zero-order chi connectivity index (χ0) is 20.8. The van der Waals surface area contributed by atoms with Crippen LogP contribution in [0.4, 0.5) is 5.69 Å². The lowest BCUT2D eigenvalue weighted by Gasteiger charge is -2.16. The number of aryl methyl sites for hydroxylation is 2. The van der Waals surface area contributed by atoms with Gasteiger partial charge in [0, 0.05) is 12.0 Å². The second-order valence-corrected chi connectivity index (χ2v) is 7.00. The van der Waals surface area contributed by atoms with Gasteiger partial charge in [0.2, 0.25) is 5.91 Å². The van der Waals surface area contributed by atoms with Crippen LogP contribution in [0.1, 0.15) is 52.3 Å². The van der Waals surface area contributed by atoms with Crippen molar-refractivity contribution in [2.75, 3.05) is 5.32 Å². The van der Waals surface area contributed by atoms with Gasteiger partial charge in [-0.3, -0.25) is 9.59 Å². The van der Waals surface area contributed by atoms with Crippen molar-refractivity contribution in [1.82, 2.24) is 10.5 Å². The fourth-order valence-corrected chi connectivity index (χ4v) is 3.20. The van der Waals surface area contributed by atoms with E-state index >= 15 is 0 Å². The van der Waals surface area contributed by atoms with Gasteiger partial charge in [0.15, 0.2) is 0 Å². The predicted octanol–water partition coefficient (Wildman–Crippen LogP) is 4.35. The van der Waals surface area contributed by atoms with E-state index in [1.165, 1.54) is 0 Å². The van der Waals surface area contributed by atoms with Crippen LogP contribution in [0.3, 0.4) is 0 Å². The number of anilines is 1. The SMILES string of the molecule is Cc1noc(C)c1CCC(=O)Nc1ccccc1C(=O)NC(C)c1ccccc1. The molecule has 1 heterocycles. The Hall–Kier alpha value is -3.41. The lowest BCUT2D eigenvalue weighted by atomic mass is 10.1. The van der Waals surface area contributed by atoms with Crippen LogP contribution in [0.25, 0.3) is 0 Å². The maximum atomic E-state index is 12.8. The number of aromatic nitrogens is 1. The third-order valence-electron chi connectivity index (χ3n) is 4.88. The normalized spacial score (nSPS) is 11.7. The van der Waals surface area contributed by atoms with Crippen LogP contribution < -0.4 is 10.6 Å². The van der Waals surface area contributed by atoms with E-state index < -0.39 is 0 Å². The Balaban J connectivity index is 1.65. The number of carbonyl (C=O) groups excluding carboxylic acids is 2. The Morgan fingerprint density at radius 2 is 1.72 bits per heavy atom. The number of para-hydroxylation sites is 1. The number of rotatable bonds is 7. The van der Waals surface area contributed by atoms with Gasteiger partial charge in [0.05, 0.1) is 23.0 Å². The van der Waals surface area contributed by atoms with E-state index in [-0.39, 0.29) is 24.3 Å². The fourth-order valence-electron chi connectivity index (χ4n) is 3.20. The summed E-state index contributed by atoms with van der Waals surface area (Å²) in [5.41, 5.74) is 3.68. The van der Waals surface area contributed by atoms with Crippen LogP contribution in [0, 0.1) is 13.8 Å². The van der Waals surface area contributed by atoms with Crippen molar-refractivity contribution < 1.29 is 14.1 Å². The Morgan fingerprint density at radius 3 is 2.41 bits per heavy atom. The third kappa shape index (κ3) is 5.10. The van der Waals surface area contributed by atoms with Gasteiger partial charge in [0.1, 0.15) is 5.76 Å². The number of benzene rings is 2. The molecule has 0 aliphatic carbocycles. The van der Waals surface area contributed by atoms with E-state index in [0.29, 0.717) is 17.7 Å². The van der Waals surface area contributed by atoms with Crippen LogP contribution in [0.15, 0.2) is 59.1 Å². The lowest BCUT2D eigenvalue weighted by molar-refractivity contribution is -0.116. The average Bonchev–Trinajstić information content (AvgIpc) is 3.05. The minimum atomic E-state index is -0.233. The summed E-state index contributed by atoms with van der Waals surface area (Å²) in [6.07, 6.45) is 0.811. The van der Waals surface area contributed by atoms with Gasteiger partial charge in [-0.2, -0.15) is 0 Å². The predicted molar refractivity (Wildman–Crippen MR) is 112 cm³/mol. The molecule has 0 fully saturated rings. The van der Waals surface area contributed by atoms with E-state index in [1.807, 2.05) is 51.1 Å². The monoisotopic (exact) mass is 391 g/mol. The lowest BCUT2D eigenvalue weighted by Crippen LogP contribution is -2.28. The van der Waals surface area contributed by atoms with Crippen molar-refractivity contribution in [3.05, 3.63) is 82.7 Å². The zero-order valence-corrected chi connectivity index (χ0v) is 16.9. The first kappa shape index (κ1) is 20.3. The largest absolute Gasteiger partial charge is 0.361 e. The highest BCUT2D eigenvalue weighted by Gasteiger charge is 2.17. The molecule has 0 spiro atoms. The summed E-state index contributed by atoms with van der Waals surface area (Å²) in [6.45, 7) is 5.62. The minimum absolute atomic E-state index is 0.146. The topological polar surface area (TPSA) is 84.2 Å². The molecule has 2 amide bonds. The Morgan fingerprint density at radius 1 is 1.03 bits per heavy atom. The first-order valence-corrected chi connectivity index (χ1v) is 9.62. The highest BCUT2D eigenvalue weighted by molar-refractivity contribution is 6.03. The maximum absolute atomic E-state index is 12.8. The number of hydrogen-bond acceptors (Lipinski definition) is 4. The average molecular weight is 391 g/mol. The highest BCUT2D eigenvalue weighted by Crippen LogP contribution is 2.19. The molecule has 2 N–H and O–H groups in total. The van der Waals surface area contributed by atoms with E-state index in [0.717, 1.165) is 22.6 Å². The summed E-state index contributed by atoms with van der Waals surface area (Å²) in [5, 5.41) is 9.75. The third-order valence-corrected chi connectivity index (χ3v) is 4.88. The summed E-state index contributed by atoms with van der Waals surface area (Å²) < 4.78 is 5.14. The van der Waals surface area contributed by atoms with Crippen LogP contribution in [0.2, 0.25) is 0 Å². The van der Waals surface area contributed by atoms with Crippen LogP contribution in [-0.2, 0) is 11.2 Å². The van der Waals surface area contributed by atoms with Gasteiger partial charge in [-0.15, -0.1) is 0 Å². The molecular weight excluding hydrogens is 366 g/mol. The highest BCUT2D eigenvalue weighted by atomic mass is 16.5. The van der Waals surface area contributed by atoms with Gasteiger partial charge in [-0.05, 0) is 44.9 Å². The second kappa shape index (κ2) is 9.19. The standard InChI is InChI=1S/C23H25N3O3/c1-15(18-9-5-4-6-10-18)24-23(28)20-11-7-8-12-21(20)25-22(27)14-13-19-16(2)26-29-17(19)3/h4-12,15H,13-14H2,1-3H3,(H,24,28)(H,25,27). The van der Waals surface area contributed by atoms with Crippen LogP contribution >= 0.6 is 0 Å². The second-order valence-electron chi connectivity index (χ2n) is 7.00. The first-order chi connectivity index (χ1) is 14.0. The van der Waals surface area contributed by atoms with Gasteiger partial charge in [-0.25, -0.2) is 0 Å². The molecule has 1 aromatic heterocycles. The molecule has 6 heteroatoms. The Labute approximate surface area is 170 Å². The number of carbonyl (C=O) groups is 2. The fraction of sp³-hybridized carbons (Fsp3) is 0.261. The van der Waals surface area contributed by atoms with Crippen LogP contribution in [0.5, 0.6) is 0 Å². The van der Waals surface area contributed by atoms with Gasteiger partial charge < -0.3 is 15.2 Å². The number of nitrogens with one attached hydrogen (secondary N) is 2. The smallest absolute Gasteiger partial charge is 0.253 e. The summed E-state index contributed by atoms with van der Waals surface area (Å²) >= 11 is 0. The molecule has 1 unspecified atom stereocenters. The van der Waals surface area contributed by atoms with E-state index in [1.54, 1.807) is 24.3 Å². The van der Waals surface area contributed by atoms with Crippen molar-refractivity contribution in [2.24, 2.45) is 0 Å². The molecule has 6 nitrogen and oxygen atoms in total. The van der Waals surface area contributed by atoms with Gasteiger partial charge >= 0.3 is 0 Å². The van der Waals surface area contributed by atoms with E-state index in [4.69, 9.17) is 4.52 Å². The van der Waals surface area contributed by atoms with Crippen molar-refractivity contribution in [2.45, 2.75) is 39.7 Å². The molecule has 3 aromatic rings. The molecular formula is C23H25N3O3. The summed E-state index contributed by atoms with van der Waals surface area (Å²) in [7, 11) is 0. The molecule has 2 aromatic carbocycles.